The molecule has 2 N–H and O–H groups in total. The predicted octanol–water partition coefficient (Wildman–Crippen LogP) is 0.0662. The number of benzene rings is 1. The number of nitrogens with one attached hydrogen (secondary N) is 1. The summed E-state index contributed by atoms with van der Waals surface area (Å²) in [5.74, 6) is -2.27. The van der Waals surface area contributed by atoms with Crippen LogP contribution in [0.1, 0.15) is 6.42 Å². The average molecular weight is 315 g/mol. The Hall–Kier alpha value is -1.93. The Bertz CT molecular complexity index is 584. The molecule has 1 atom stereocenters. The summed E-state index contributed by atoms with van der Waals surface area (Å²) in [6.07, 6.45) is -0.220. The van der Waals surface area contributed by atoms with Crippen molar-refractivity contribution >= 4 is 21.7 Å². The molecule has 0 unspecified atom stereocenters. The van der Waals surface area contributed by atoms with Crippen molar-refractivity contribution in [2.24, 2.45) is 0 Å². The maximum atomic E-state index is 12.0. The first-order valence-electron chi connectivity index (χ1n) is 6.15. The summed E-state index contributed by atoms with van der Waals surface area (Å²) in [7, 11) is -2.28. The first-order chi connectivity index (χ1) is 9.86. The molecule has 0 heterocycles. The second-order valence-electron chi connectivity index (χ2n) is 4.31. The van der Waals surface area contributed by atoms with Gasteiger partial charge in [0.2, 0.25) is 5.91 Å². The van der Waals surface area contributed by atoms with Crippen molar-refractivity contribution in [2.75, 3.05) is 19.5 Å². The number of hydrogen-bond acceptors (Lipinski definition) is 5. The third-order valence-electron chi connectivity index (χ3n) is 2.69. The average Bonchev–Trinajstić information content (AvgIpc) is 2.44. The second kappa shape index (κ2) is 7.75. The standard InChI is InChI=1S/C13H17NO6S/c1-20-9-12(15)14-11(13(16)17)7-8-21(18,19)10-5-3-2-4-6-10/h2-6,11H,7-9H2,1H3,(H,14,15)(H,16,17)/t11-/m1/s1. The molecule has 8 heteroatoms. The summed E-state index contributed by atoms with van der Waals surface area (Å²) in [6, 6.07) is 6.46. The van der Waals surface area contributed by atoms with Crippen molar-refractivity contribution in [1.82, 2.24) is 5.32 Å². The molecule has 116 valence electrons. The lowest BCUT2D eigenvalue weighted by Crippen LogP contribution is -2.43. The molecule has 0 aliphatic carbocycles. The fourth-order valence-corrected chi connectivity index (χ4v) is 3.00. The molecule has 0 saturated heterocycles. The van der Waals surface area contributed by atoms with Gasteiger partial charge in [-0.15, -0.1) is 0 Å². The van der Waals surface area contributed by atoms with Crippen LogP contribution in [0.25, 0.3) is 0 Å². The minimum atomic E-state index is -3.58. The molecule has 0 radical (unpaired) electrons. The summed E-state index contributed by atoms with van der Waals surface area (Å²) >= 11 is 0. The van der Waals surface area contributed by atoms with Crippen LogP contribution in [-0.2, 0) is 24.2 Å². The lowest BCUT2D eigenvalue weighted by molar-refractivity contribution is -0.142. The van der Waals surface area contributed by atoms with E-state index in [1.54, 1.807) is 18.2 Å². The van der Waals surface area contributed by atoms with Gasteiger partial charge in [-0.2, -0.15) is 0 Å². The molecule has 0 aromatic heterocycles. The van der Waals surface area contributed by atoms with E-state index in [4.69, 9.17) is 5.11 Å². The van der Waals surface area contributed by atoms with E-state index in [0.717, 1.165) is 0 Å². The molecule has 1 aromatic carbocycles. The topological polar surface area (TPSA) is 110 Å². The molecule has 1 rings (SSSR count). The number of carbonyl (C=O) groups is 2. The van der Waals surface area contributed by atoms with Crippen molar-refractivity contribution < 1.29 is 27.9 Å². The van der Waals surface area contributed by atoms with E-state index in [1.165, 1.54) is 19.2 Å². The van der Waals surface area contributed by atoms with Crippen molar-refractivity contribution in [1.29, 1.82) is 0 Å². The van der Waals surface area contributed by atoms with E-state index in [1.807, 2.05) is 0 Å². The highest BCUT2D eigenvalue weighted by Crippen LogP contribution is 2.12. The van der Waals surface area contributed by atoms with Gasteiger partial charge in [-0.05, 0) is 18.6 Å². The van der Waals surface area contributed by atoms with E-state index in [0.29, 0.717) is 0 Å². The van der Waals surface area contributed by atoms with Crippen LogP contribution in [0, 0.1) is 0 Å². The van der Waals surface area contributed by atoms with Gasteiger partial charge < -0.3 is 15.2 Å². The number of sulfone groups is 1. The number of amides is 1. The van der Waals surface area contributed by atoms with Crippen LogP contribution < -0.4 is 5.32 Å². The Kier molecular flexibility index (Phi) is 6.32. The van der Waals surface area contributed by atoms with E-state index in [2.05, 4.69) is 10.1 Å². The third-order valence-corrected chi connectivity index (χ3v) is 4.45. The smallest absolute Gasteiger partial charge is 0.326 e. The molecule has 0 aliphatic rings. The van der Waals surface area contributed by atoms with Crippen LogP contribution in [-0.4, -0.2) is 50.9 Å². The van der Waals surface area contributed by atoms with Gasteiger partial charge in [-0.25, -0.2) is 13.2 Å². The summed E-state index contributed by atoms with van der Waals surface area (Å²) in [5.41, 5.74) is 0. The summed E-state index contributed by atoms with van der Waals surface area (Å²) < 4.78 is 28.7. The van der Waals surface area contributed by atoms with Gasteiger partial charge in [0.15, 0.2) is 9.84 Å². The zero-order valence-corrected chi connectivity index (χ0v) is 12.3. The second-order valence-corrected chi connectivity index (χ2v) is 6.42. The van der Waals surface area contributed by atoms with Crippen LogP contribution in [0.4, 0.5) is 0 Å². The fraction of sp³-hybridized carbons (Fsp3) is 0.385. The summed E-state index contributed by atoms with van der Waals surface area (Å²) in [6.45, 7) is -0.283. The van der Waals surface area contributed by atoms with Crippen molar-refractivity contribution in [3.8, 4) is 0 Å². The number of ether oxygens (including phenoxy) is 1. The number of aliphatic carboxylic acids is 1. The highest BCUT2D eigenvalue weighted by molar-refractivity contribution is 7.91. The van der Waals surface area contributed by atoms with Gasteiger partial charge in [0.25, 0.3) is 0 Å². The molecular weight excluding hydrogens is 298 g/mol. The van der Waals surface area contributed by atoms with E-state index < -0.39 is 27.8 Å². The Balaban J connectivity index is 2.69. The Morgan fingerprint density at radius 2 is 1.90 bits per heavy atom. The number of rotatable bonds is 8. The minimum absolute atomic E-state index is 0.123. The molecule has 1 amide bonds. The van der Waals surface area contributed by atoms with Crippen LogP contribution in [0.5, 0.6) is 0 Å². The van der Waals surface area contributed by atoms with Gasteiger partial charge in [0.05, 0.1) is 10.6 Å². The molecule has 0 saturated carbocycles. The van der Waals surface area contributed by atoms with Crippen molar-refractivity contribution in [2.45, 2.75) is 17.4 Å². The van der Waals surface area contributed by atoms with Gasteiger partial charge in [-0.1, -0.05) is 18.2 Å². The summed E-state index contributed by atoms with van der Waals surface area (Å²) in [4.78, 5) is 22.5. The van der Waals surface area contributed by atoms with Gasteiger partial charge in [-0.3, -0.25) is 4.79 Å². The number of carbonyl (C=O) groups excluding carboxylic acids is 1. The molecule has 0 bridgehead atoms. The number of carboxylic acids is 1. The molecule has 1 aromatic rings. The van der Waals surface area contributed by atoms with Gasteiger partial charge >= 0.3 is 5.97 Å². The maximum absolute atomic E-state index is 12.0. The lowest BCUT2D eigenvalue weighted by Gasteiger charge is -2.14. The number of carboxylic acid groups (broad SMARTS) is 1. The van der Waals surface area contributed by atoms with Crippen molar-refractivity contribution in [3.63, 3.8) is 0 Å². The molecular formula is C13H17NO6S. The highest BCUT2D eigenvalue weighted by atomic mass is 32.2. The largest absolute Gasteiger partial charge is 0.480 e. The maximum Gasteiger partial charge on any atom is 0.326 e. The monoisotopic (exact) mass is 315 g/mol. The Labute approximate surface area is 122 Å². The number of methoxy groups -OCH3 is 1. The minimum Gasteiger partial charge on any atom is -0.480 e. The molecule has 7 nitrogen and oxygen atoms in total. The van der Waals surface area contributed by atoms with Gasteiger partial charge in [0.1, 0.15) is 12.6 Å². The first-order valence-corrected chi connectivity index (χ1v) is 7.81. The predicted molar refractivity (Wildman–Crippen MR) is 74.6 cm³/mol. The van der Waals surface area contributed by atoms with Crippen LogP contribution in [0.3, 0.4) is 0 Å². The Morgan fingerprint density at radius 1 is 1.29 bits per heavy atom. The van der Waals surface area contributed by atoms with Gasteiger partial charge in [0, 0.05) is 7.11 Å². The Morgan fingerprint density at radius 3 is 2.43 bits per heavy atom. The quantitative estimate of drug-likeness (QED) is 0.702. The zero-order chi connectivity index (χ0) is 15.9. The fourth-order valence-electron chi connectivity index (χ4n) is 1.64. The molecule has 21 heavy (non-hydrogen) atoms. The molecule has 0 spiro atoms. The zero-order valence-electron chi connectivity index (χ0n) is 11.5. The van der Waals surface area contributed by atoms with Crippen LogP contribution >= 0.6 is 0 Å². The first kappa shape index (κ1) is 17.1. The third kappa shape index (κ3) is 5.52. The van der Waals surface area contributed by atoms with E-state index >= 15 is 0 Å². The van der Waals surface area contributed by atoms with E-state index in [9.17, 15) is 18.0 Å². The van der Waals surface area contributed by atoms with Crippen molar-refractivity contribution in [3.05, 3.63) is 30.3 Å². The molecule has 0 aliphatic heterocycles. The van der Waals surface area contributed by atoms with Crippen LogP contribution in [0.2, 0.25) is 0 Å². The lowest BCUT2D eigenvalue weighted by atomic mass is 10.2. The SMILES string of the molecule is COCC(=O)N[C@H](CCS(=O)(=O)c1ccccc1)C(=O)O. The normalized spacial score (nSPS) is 12.6. The summed E-state index contributed by atoms with van der Waals surface area (Å²) in [5, 5.41) is 11.2. The van der Waals surface area contributed by atoms with Crippen LogP contribution in [0.15, 0.2) is 35.2 Å². The van der Waals surface area contributed by atoms with E-state index in [-0.39, 0.29) is 23.7 Å². The number of hydrogen-bond donors (Lipinski definition) is 2. The highest BCUT2D eigenvalue weighted by Gasteiger charge is 2.23. The molecule has 0 fully saturated rings.